The average Bonchev–Trinajstić information content (AvgIpc) is 3.41. The standard InChI is InChI=1S/C25H21N3O3S2/c1-18-7-11-21(12-8-18)31-22-13-9-20(10-14-22)23-17-28-24(26-23)32-25(27-28)33(29,30)16-15-19-5-3-2-4-6-19/h2-14,17H,15-16H2,1H3. The second-order valence-corrected chi connectivity index (χ2v) is 11.0. The SMILES string of the molecule is Cc1ccc(Oc2ccc(-c3cn4nc(S(=O)(=O)CCc5ccccc5)sc4n3)cc2)cc1. The van der Waals surface area contributed by atoms with Crippen molar-refractivity contribution >= 4 is 26.1 Å². The van der Waals surface area contributed by atoms with Crippen molar-refractivity contribution in [2.45, 2.75) is 17.7 Å². The molecular formula is C25H21N3O3S2. The maximum atomic E-state index is 12.7. The van der Waals surface area contributed by atoms with Gasteiger partial charge in [-0.3, -0.25) is 0 Å². The highest BCUT2D eigenvalue weighted by molar-refractivity contribution is 7.93. The van der Waals surface area contributed by atoms with Crippen molar-refractivity contribution in [3.05, 3.63) is 96.2 Å². The molecule has 0 unspecified atom stereocenters. The molecule has 0 atom stereocenters. The van der Waals surface area contributed by atoms with Gasteiger partial charge in [0.2, 0.25) is 19.1 Å². The molecule has 2 aromatic heterocycles. The molecule has 0 N–H and O–H groups in total. The van der Waals surface area contributed by atoms with Crippen molar-refractivity contribution in [3.63, 3.8) is 0 Å². The molecule has 0 aliphatic heterocycles. The third-order valence-electron chi connectivity index (χ3n) is 5.20. The van der Waals surface area contributed by atoms with Gasteiger partial charge in [0.15, 0.2) is 0 Å². The Morgan fingerprint density at radius 3 is 2.24 bits per heavy atom. The van der Waals surface area contributed by atoms with E-state index in [-0.39, 0.29) is 10.1 Å². The largest absolute Gasteiger partial charge is 0.457 e. The summed E-state index contributed by atoms with van der Waals surface area (Å²) in [4.78, 5) is 5.12. The third kappa shape index (κ3) is 4.81. The van der Waals surface area contributed by atoms with Crippen molar-refractivity contribution in [3.8, 4) is 22.8 Å². The van der Waals surface area contributed by atoms with Crippen LogP contribution in [0.4, 0.5) is 0 Å². The van der Waals surface area contributed by atoms with E-state index in [4.69, 9.17) is 4.74 Å². The molecule has 5 rings (SSSR count). The van der Waals surface area contributed by atoms with Gasteiger partial charge in [0.25, 0.3) is 0 Å². The minimum absolute atomic E-state index is 0.0168. The molecular weight excluding hydrogens is 454 g/mol. The molecule has 3 aromatic carbocycles. The van der Waals surface area contributed by atoms with Crippen molar-refractivity contribution in [1.29, 1.82) is 0 Å². The number of ether oxygens (including phenoxy) is 1. The number of sulfone groups is 1. The fourth-order valence-corrected chi connectivity index (χ4v) is 5.86. The van der Waals surface area contributed by atoms with Crippen LogP contribution in [0.1, 0.15) is 11.1 Å². The van der Waals surface area contributed by atoms with Crippen LogP contribution >= 0.6 is 11.3 Å². The molecule has 0 fully saturated rings. The molecule has 2 heterocycles. The van der Waals surface area contributed by atoms with E-state index in [2.05, 4.69) is 10.1 Å². The molecule has 5 aromatic rings. The Balaban J connectivity index is 1.30. The Morgan fingerprint density at radius 1 is 0.909 bits per heavy atom. The lowest BCUT2D eigenvalue weighted by Crippen LogP contribution is -2.09. The Bertz CT molecular complexity index is 1460. The molecule has 0 aliphatic rings. The van der Waals surface area contributed by atoms with Crippen LogP contribution in [0, 0.1) is 6.92 Å². The lowest BCUT2D eigenvalue weighted by atomic mass is 10.1. The van der Waals surface area contributed by atoms with E-state index in [1.807, 2.05) is 85.8 Å². The number of hydrogen-bond acceptors (Lipinski definition) is 6. The third-order valence-corrected chi connectivity index (χ3v) is 8.28. The minimum Gasteiger partial charge on any atom is -0.457 e. The molecule has 166 valence electrons. The van der Waals surface area contributed by atoms with Crippen molar-refractivity contribution < 1.29 is 13.2 Å². The second kappa shape index (κ2) is 8.80. The first-order valence-electron chi connectivity index (χ1n) is 10.4. The van der Waals surface area contributed by atoms with Gasteiger partial charge in [0.05, 0.1) is 17.6 Å². The van der Waals surface area contributed by atoms with Gasteiger partial charge in [-0.15, -0.1) is 5.10 Å². The molecule has 0 amide bonds. The lowest BCUT2D eigenvalue weighted by molar-refractivity contribution is 0.482. The van der Waals surface area contributed by atoms with Gasteiger partial charge in [0, 0.05) is 5.56 Å². The smallest absolute Gasteiger partial charge is 0.232 e. The summed E-state index contributed by atoms with van der Waals surface area (Å²) in [6, 6.07) is 25.1. The first kappa shape index (κ1) is 21.4. The topological polar surface area (TPSA) is 73.6 Å². The van der Waals surface area contributed by atoms with E-state index < -0.39 is 9.84 Å². The second-order valence-electron chi connectivity index (χ2n) is 7.72. The molecule has 33 heavy (non-hydrogen) atoms. The monoisotopic (exact) mass is 475 g/mol. The van der Waals surface area contributed by atoms with Gasteiger partial charge in [-0.2, -0.15) is 0 Å². The Hall–Kier alpha value is -3.49. The van der Waals surface area contributed by atoms with E-state index in [0.717, 1.165) is 39.7 Å². The number of nitrogens with zero attached hydrogens (tertiary/aromatic N) is 3. The van der Waals surface area contributed by atoms with Gasteiger partial charge in [-0.25, -0.2) is 17.9 Å². The summed E-state index contributed by atoms with van der Waals surface area (Å²) in [5.41, 5.74) is 3.79. The van der Waals surface area contributed by atoms with E-state index in [1.165, 1.54) is 10.1 Å². The number of fused-ring (bicyclic) bond motifs is 1. The van der Waals surface area contributed by atoms with Crippen LogP contribution in [0.2, 0.25) is 0 Å². The molecule has 0 aliphatic carbocycles. The number of imidazole rings is 1. The van der Waals surface area contributed by atoms with Crippen molar-refractivity contribution in [2.75, 3.05) is 5.75 Å². The van der Waals surface area contributed by atoms with Crippen LogP contribution in [-0.4, -0.2) is 28.8 Å². The Morgan fingerprint density at radius 2 is 1.58 bits per heavy atom. The van der Waals surface area contributed by atoms with Crippen LogP contribution in [0.3, 0.4) is 0 Å². The highest BCUT2D eigenvalue weighted by atomic mass is 32.2. The maximum Gasteiger partial charge on any atom is 0.232 e. The fourth-order valence-electron chi connectivity index (χ4n) is 3.37. The van der Waals surface area contributed by atoms with E-state index in [0.29, 0.717) is 11.4 Å². The summed E-state index contributed by atoms with van der Waals surface area (Å²) in [6.45, 7) is 2.03. The van der Waals surface area contributed by atoms with Crippen LogP contribution < -0.4 is 4.74 Å². The number of hydrogen-bond donors (Lipinski definition) is 0. The zero-order valence-corrected chi connectivity index (χ0v) is 19.5. The molecule has 0 radical (unpaired) electrons. The lowest BCUT2D eigenvalue weighted by Gasteiger charge is -2.06. The zero-order valence-electron chi connectivity index (χ0n) is 17.9. The Labute approximate surface area is 196 Å². The average molecular weight is 476 g/mol. The summed E-state index contributed by atoms with van der Waals surface area (Å²) >= 11 is 1.09. The number of rotatable bonds is 7. The van der Waals surface area contributed by atoms with Gasteiger partial charge < -0.3 is 4.74 Å². The summed E-state index contributed by atoms with van der Waals surface area (Å²) in [5, 5.41) is 4.28. The zero-order chi connectivity index (χ0) is 22.8. The number of benzene rings is 3. The van der Waals surface area contributed by atoms with Crippen molar-refractivity contribution in [1.82, 2.24) is 14.6 Å². The summed E-state index contributed by atoms with van der Waals surface area (Å²) in [6.07, 6.45) is 2.20. The summed E-state index contributed by atoms with van der Waals surface area (Å²) < 4.78 is 33.0. The molecule has 6 nitrogen and oxygen atoms in total. The Kier molecular flexibility index (Phi) is 5.70. The molecule has 8 heteroatoms. The molecule has 0 bridgehead atoms. The normalized spacial score (nSPS) is 11.7. The predicted molar refractivity (Wildman–Crippen MR) is 130 cm³/mol. The highest BCUT2D eigenvalue weighted by Crippen LogP contribution is 2.28. The maximum absolute atomic E-state index is 12.7. The quantitative estimate of drug-likeness (QED) is 0.307. The molecule has 0 saturated carbocycles. The van der Waals surface area contributed by atoms with Crippen LogP contribution in [0.5, 0.6) is 11.5 Å². The first-order chi connectivity index (χ1) is 16.0. The van der Waals surface area contributed by atoms with E-state index >= 15 is 0 Å². The summed E-state index contributed by atoms with van der Waals surface area (Å²) in [7, 11) is -3.48. The highest BCUT2D eigenvalue weighted by Gasteiger charge is 2.21. The van der Waals surface area contributed by atoms with Gasteiger partial charge in [-0.05, 0) is 55.3 Å². The van der Waals surface area contributed by atoms with Crippen molar-refractivity contribution in [2.24, 2.45) is 0 Å². The first-order valence-corrected chi connectivity index (χ1v) is 12.9. The van der Waals surface area contributed by atoms with E-state index in [1.54, 1.807) is 6.20 Å². The van der Waals surface area contributed by atoms with Gasteiger partial charge in [-0.1, -0.05) is 59.4 Å². The van der Waals surface area contributed by atoms with Crippen LogP contribution in [0.15, 0.2) is 89.4 Å². The fraction of sp³-hybridized carbons (Fsp3) is 0.120. The number of aromatic nitrogens is 3. The molecule has 0 saturated heterocycles. The summed E-state index contributed by atoms with van der Waals surface area (Å²) in [5.74, 6) is 1.53. The minimum atomic E-state index is -3.48. The van der Waals surface area contributed by atoms with Crippen LogP contribution in [0.25, 0.3) is 16.2 Å². The van der Waals surface area contributed by atoms with E-state index in [9.17, 15) is 8.42 Å². The van der Waals surface area contributed by atoms with Gasteiger partial charge in [0.1, 0.15) is 11.5 Å². The van der Waals surface area contributed by atoms with Crippen LogP contribution in [-0.2, 0) is 16.3 Å². The number of aryl methyl sites for hydroxylation is 2. The predicted octanol–water partition coefficient (Wildman–Crippen LogP) is 5.57. The molecule has 0 spiro atoms. The van der Waals surface area contributed by atoms with Gasteiger partial charge >= 0.3 is 0 Å².